The predicted molar refractivity (Wildman–Crippen MR) is 147 cm³/mol. The van der Waals surface area contributed by atoms with Crippen molar-refractivity contribution in [3.05, 3.63) is 77.2 Å². The van der Waals surface area contributed by atoms with Gasteiger partial charge in [-0.05, 0) is 60.2 Å². The summed E-state index contributed by atoms with van der Waals surface area (Å²) in [5.74, 6) is 1.45. The number of nitrogens with zero attached hydrogens (tertiary/aromatic N) is 1. The molecule has 0 spiro atoms. The van der Waals surface area contributed by atoms with Crippen molar-refractivity contribution in [2.24, 2.45) is 5.92 Å². The fourth-order valence-electron chi connectivity index (χ4n) is 5.26. The van der Waals surface area contributed by atoms with E-state index in [0.29, 0.717) is 12.5 Å². The van der Waals surface area contributed by atoms with Gasteiger partial charge >= 0.3 is 0 Å². The standard InChI is InChI=1S/C30H34N2O2S/c1-3-19-34-27-18-17-22-12-8-9-15-24(22)25(27)20-28-29(33)32(26-16-10-7-11-21(26)2)30(35-28)31-23-13-5-4-6-14-23/h4-6,8-9,12-15,17-18,20-21,26,30-31H,3,7,10-11,16,19H2,1-2H3/b28-20-/t21-,26+,30?/m1/s1. The molecule has 2 fully saturated rings. The Hall–Kier alpha value is -2.92. The zero-order valence-electron chi connectivity index (χ0n) is 20.6. The first kappa shape index (κ1) is 23.8. The summed E-state index contributed by atoms with van der Waals surface area (Å²) in [7, 11) is 0. The molecule has 0 bridgehead atoms. The molecule has 35 heavy (non-hydrogen) atoms. The summed E-state index contributed by atoms with van der Waals surface area (Å²) in [5.41, 5.74) is 1.89. The molecule has 1 N–H and O–H groups in total. The fraction of sp³-hybridized carbons (Fsp3) is 0.367. The third-order valence-electron chi connectivity index (χ3n) is 7.09. The van der Waals surface area contributed by atoms with Crippen LogP contribution in [-0.4, -0.2) is 29.0 Å². The lowest BCUT2D eigenvalue weighted by atomic mass is 9.85. The number of carbonyl (C=O) groups excluding carboxylic acids is 1. The lowest BCUT2D eigenvalue weighted by Crippen LogP contribution is -2.48. The van der Waals surface area contributed by atoms with Gasteiger partial charge in [-0.2, -0.15) is 0 Å². The molecule has 1 saturated heterocycles. The zero-order chi connectivity index (χ0) is 24.2. The van der Waals surface area contributed by atoms with E-state index in [0.717, 1.165) is 45.5 Å². The molecule has 1 aliphatic carbocycles. The molecule has 4 nitrogen and oxygen atoms in total. The molecular weight excluding hydrogens is 452 g/mol. The fourth-order valence-corrected chi connectivity index (χ4v) is 6.45. The molecule has 182 valence electrons. The molecule has 2 aliphatic rings. The van der Waals surface area contributed by atoms with E-state index in [-0.39, 0.29) is 17.4 Å². The Bertz CT molecular complexity index is 1210. The van der Waals surface area contributed by atoms with Gasteiger partial charge in [-0.15, -0.1) is 0 Å². The van der Waals surface area contributed by atoms with Gasteiger partial charge in [0.25, 0.3) is 5.91 Å². The molecule has 1 unspecified atom stereocenters. The van der Waals surface area contributed by atoms with Crippen LogP contribution in [0.2, 0.25) is 0 Å². The maximum Gasteiger partial charge on any atom is 0.262 e. The van der Waals surface area contributed by atoms with E-state index in [4.69, 9.17) is 4.74 Å². The predicted octanol–water partition coefficient (Wildman–Crippen LogP) is 7.52. The molecule has 0 radical (unpaired) electrons. The molecule has 1 saturated carbocycles. The number of nitrogens with one attached hydrogen (secondary N) is 1. The number of ether oxygens (including phenoxy) is 1. The van der Waals surface area contributed by atoms with E-state index in [1.807, 2.05) is 36.4 Å². The number of benzene rings is 3. The Kier molecular flexibility index (Phi) is 7.33. The molecule has 5 rings (SSSR count). The number of rotatable bonds is 7. The first-order chi connectivity index (χ1) is 17.2. The Morgan fingerprint density at radius 3 is 2.60 bits per heavy atom. The molecule has 1 aliphatic heterocycles. The first-order valence-electron chi connectivity index (χ1n) is 12.8. The number of carbonyl (C=O) groups is 1. The summed E-state index contributed by atoms with van der Waals surface area (Å²) >= 11 is 1.62. The van der Waals surface area contributed by atoms with Crippen LogP contribution in [0.3, 0.4) is 0 Å². The lowest BCUT2D eigenvalue weighted by molar-refractivity contribution is -0.129. The van der Waals surface area contributed by atoms with Crippen LogP contribution >= 0.6 is 11.8 Å². The Morgan fingerprint density at radius 1 is 1.03 bits per heavy atom. The summed E-state index contributed by atoms with van der Waals surface area (Å²) in [4.78, 5) is 16.9. The summed E-state index contributed by atoms with van der Waals surface area (Å²) < 4.78 is 6.13. The van der Waals surface area contributed by atoms with Crippen molar-refractivity contribution >= 4 is 40.2 Å². The molecule has 1 heterocycles. The van der Waals surface area contributed by atoms with Gasteiger partial charge in [0.1, 0.15) is 5.75 Å². The second-order valence-corrected chi connectivity index (χ2v) is 10.7. The second-order valence-electron chi connectivity index (χ2n) is 9.58. The minimum Gasteiger partial charge on any atom is -0.493 e. The molecule has 0 aromatic heterocycles. The smallest absolute Gasteiger partial charge is 0.262 e. The minimum absolute atomic E-state index is 0.122. The Morgan fingerprint density at radius 2 is 1.80 bits per heavy atom. The number of thioether (sulfide) groups is 1. The van der Waals surface area contributed by atoms with Gasteiger partial charge in [0, 0.05) is 17.3 Å². The van der Waals surface area contributed by atoms with Crippen LogP contribution < -0.4 is 10.1 Å². The van der Waals surface area contributed by atoms with E-state index >= 15 is 0 Å². The van der Waals surface area contributed by atoms with Gasteiger partial charge in [-0.3, -0.25) is 4.79 Å². The van der Waals surface area contributed by atoms with Crippen molar-refractivity contribution < 1.29 is 9.53 Å². The third-order valence-corrected chi connectivity index (χ3v) is 8.21. The van der Waals surface area contributed by atoms with E-state index in [1.54, 1.807) is 11.8 Å². The van der Waals surface area contributed by atoms with Gasteiger partial charge in [0.2, 0.25) is 0 Å². The number of amides is 1. The van der Waals surface area contributed by atoms with E-state index < -0.39 is 0 Å². The quantitative estimate of drug-likeness (QED) is 0.351. The number of anilines is 1. The molecule has 5 heteroatoms. The van der Waals surface area contributed by atoms with Gasteiger partial charge in [-0.1, -0.05) is 87.0 Å². The molecule has 3 atom stereocenters. The summed E-state index contributed by atoms with van der Waals surface area (Å²) in [6, 6.07) is 22.9. The van der Waals surface area contributed by atoms with Crippen molar-refractivity contribution in [3.8, 4) is 5.75 Å². The van der Waals surface area contributed by atoms with E-state index in [2.05, 4.69) is 60.5 Å². The minimum atomic E-state index is -0.128. The highest BCUT2D eigenvalue weighted by Crippen LogP contribution is 2.43. The number of para-hydroxylation sites is 1. The summed E-state index contributed by atoms with van der Waals surface area (Å²) in [5, 5.41) is 5.90. The van der Waals surface area contributed by atoms with Crippen molar-refractivity contribution in [1.82, 2.24) is 4.90 Å². The van der Waals surface area contributed by atoms with Gasteiger partial charge < -0.3 is 15.0 Å². The van der Waals surface area contributed by atoms with Crippen LogP contribution in [0.25, 0.3) is 16.8 Å². The number of hydrogen-bond acceptors (Lipinski definition) is 4. The topological polar surface area (TPSA) is 41.6 Å². The van der Waals surface area contributed by atoms with Crippen molar-refractivity contribution in [1.29, 1.82) is 0 Å². The molecule has 3 aromatic rings. The van der Waals surface area contributed by atoms with Crippen molar-refractivity contribution in [3.63, 3.8) is 0 Å². The maximum absolute atomic E-state index is 14.0. The van der Waals surface area contributed by atoms with Crippen LogP contribution in [-0.2, 0) is 4.79 Å². The highest BCUT2D eigenvalue weighted by molar-refractivity contribution is 8.05. The summed E-state index contributed by atoms with van der Waals surface area (Å²) in [6.07, 6.45) is 7.67. The average Bonchev–Trinajstić information content (AvgIpc) is 3.18. The van der Waals surface area contributed by atoms with Gasteiger partial charge in [0.05, 0.1) is 11.5 Å². The van der Waals surface area contributed by atoms with E-state index in [1.165, 1.54) is 19.3 Å². The van der Waals surface area contributed by atoms with Crippen LogP contribution in [0.4, 0.5) is 5.69 Å². The molecule has 3 aromatic carbocycles. The van der Waals surface area contributed by atoms with Gasteiger partial charge in [-0.25, -0.2) is 0 Å². The SMILES string of the molecule is CCCOc1ccc2ccccc2c1/C=C1\SC(Nc2ccccc2)N([C@H]2CCCC[C@H]2C)C1=O. The normalized spacial score (nSPS) is 23.7. The van der Waals surface area contributed by atoms with Crippen LogP contribution in [0.15, 0.2) is 71.6 Å². The first-order valence-corrected chi connectivity index (χ1v) is 13.7. The van der Waals surface area contributed by atoms with Crippen molar-refractivity contribution in [2.45, 2.75) is 57.5 Å². The number of hydrogen-bond donors (Lipinski definition) is 1. The highest BCUT2D eigenvalue weighted by atomic mass is 32.2. The van der Waals surface area contributed by atoms with Crippen LogP contribution in [0.1, 0.15) is 51.5 Å². The Balaban J connectivity index is 1.55. The monoisotopic (exact) mass is 486 g/mol. The van der Waals surface area contributed by atoms with Crippen LogP contribution in [0.5, 0.6) is 5.75 Å². The highest BCUT2D eigenvalue weighted by Gasteiger charge is 2.43. The lowest BCUT2D eigenvalue weighted by Gasteiger charge is -2.39. The summed E-state index contributed by atoms with van der Waals surface area (Å²) in [6.45, 7) is 5.06. The van der Waals surface area contributed by atoms with Gasteiger partial charge in [0.15, 0.2) is 5.50 Å². The molecule has 1 amide bonds. The van der Waals surface area contributed by atoms with Crippen LogP contribution in [0, 0.1) is 5.92 Å². The third kappa shape index (κ3) is 5.06. The number of fused-ring (bicyclic) bond motifs is 1. The Labute approximate surface area is 212 Å². The van der Waals surface area contributed by atoms with E-state index in [9.17, 15) is 4.79 Å². The average molecular weight is 487 g/mol. The second kappa shape index (κ2) is 10.8. The molecular formula is C30H34N2O2S. The van der Waals surface area contributed by atoms with Crippen molar-refractivity contribution in [2.75, 3.05) is 11.9 Å². The zero-order valence-corrected chi connectivity index (χ0v) is 21.4. The maximum atomic E-state index is 14.0. The largest absolute Gasteiger partial charge is 0.493 e.